The molecule has 1 aromatic heterocycles. The van der Waals surface area contributed by atoms with Gasteiger partial charge in [-0.15, -0.1) is 0 Å². The zero-order valence-electron chi connectivity index (χ0n) is 16.4. The number of carbonyl (C=O) groups excluding carboxylic acids is 1. The summed E-state index contributed by atoms with van der Waals surface area (Å²) < 4.78 is 32.9. The first-order valence-electron chi connectivity index (χ1n) is 9.75. The van der Waals surface area contributed by atoms with Crippen LogP contribution in [0.15, 0.2) is 38.2 Å². The number of sulfonamides is 1. The number of amides is 1. The summed E-state index contributed by atoms with van der Waals surface area (Å²) in [6.45, 7) is 3.44. The largest absolute Gasteiger partial charge is 0.340 e. The second kappa shape index (κ2) is 9.82. The molecule has 2 heterocycles. The lowest BCUT2D eigenvalue weighted by atomic mass is 10.2. The summed E-state index contributed by atoms with van der Waals surface area (Å²) in [6.07, 6.45) is 3.32. The summed E-state index contributed by atoms with van der Waals surface area (Å²) in [4.78, 5) is 18.7. The molecule has 0 radical (unpaired) electrons. The van der Waals surface area contributed by atoms with Crippen molar-refractivity contribution in [3.63, 3.8) is 0 Å². The molecule has 1 aromatic carbocycles. The van der Waals surface area contributed by atoms with Gasteiger partial charge in [0, 0.05) is 49.9 Å². The number of hydrogen-bond acceptors (Lipinski definition) is 6. The van der Waals surface area contributed by atoms with E-state index in [9.17, 15) is 13.2 Å². The molecule has 2 aromatic rings. The van der Waals surface area contributed by atoms with Gasteiger partial charge in [0.15, 0.2) is 5.82 Å². The second-order valence-corrected chi connectivity index (χ2v) is 9.80. The van der Waals surface area contributed by atoms with Crippen molar-refractivity contribution >= 4 is 31.9 Å². The van der Waals surface area contributed by atoms with Crippen molar-refractivity contribution < 1.29 is 17.7 Å². The molecule has 1 fully saturated rings. The number of nitrogens with zero attached hydrogens (tertiary/aromatic N) is 4. The lowest BCUT2D eigenvalue weighted by molar-refractivity contribution is -0.132. The van der Waals surface area contributed by atoms with E-state index in [1.807, 2.05) is 0 Å². The van der Waals surface area contributed by atoms with Gasteiger partial charge in [-0.05, 0) is 31.0 Å². The molecule has 3 rings (SSSR count). The van der Waals surface area contributed by atoms with Crippen LogP contribution in [0.2, 0.25) is 0 Å². The highest BCUT2D eigenvalue weighted by Gasteiger charge is 2.30. The fourth-order valence-electron chi connectivity index (χ4n) is 3.22. The van der Waals surface area contributed by atoms with Gasteiger partial charge in [0.2, 0.25) is 21.8 Å². The lowest BCUT2D eigenvalue weighted by Crippen LogP contribution is -2.50. The highest BCUT2D eigenvalue weighted by Crippen LogP contribution is 2.21. The Kier molecular flexibility index (Phi) is 7.42. The van der Waals surface area contributed by atoms with Crippen LogP contribution in [0.1, 0.15) is 37.9 Å². The molecule has 29 heavy (non-hydrogen) atoms. The normalized spacial score (nSPS) is 15.6. The van der Waals surface area contributed by atoms with E-state index in [0.29, 0.717) is 57.2 Å². The van der Waals surface area contributed by atoms with Crippen LogP contribution in [0.3, 0.4) is 0 Å². The molecule has 0 unspecified atom stereocenters. The Morgan fingerprint density at radius 3 is 2.66 bits per heavy atom. The molecule has 1 saturated heterocycles. The number of aryl methyl sites for hydroxylation is 2. The molecule has 0 bridgehead atoms. The molecule has 0 atom stereocenters. The molecule has 1 amide bonds. The third-order valence-electron chi connectivity index (χ3n) is 4.79. The molecule has 8 nitrogen and oxygen atoms in total. The molecular weight excluding hydrogens is 460 g/mol. The van der Waals surface area contributed by atoms with Crippen molar-refractivity contribution in [2.75, 3.05) is 26.2 Å². The number of carbonyl (C=O) groups is 1. The number of piperazine rings is 1. The monoisotopic (exact) mass is 484 g/mol. The molecule has 1 aliphatic heterocycles. The predicted octanol–water partition coefficient (Wildman–Crippen LogP) is 2.64. The molecule has 0 aliphatic carbocycles. The smallest absolute Gasteiger partial charge is 0.243 e. The van der Waals surface area contributed by atoms with E-state index in [-0.39, 0.29) is 10.8 Å². The Labute approximate surface area is 179 Å². The number of aromatic nitrogens is 2. The van der Waals surface area contributed by atoms with Crippen LogP contribution in [0.4, 0.5) is 0 Å². The van der Waals surface area contributed by atoms with E-state index in [0.717, 1.165) is 17.3 Å². The van der Waals surface area contributed by atoms with Crippen LogP contribution in [-0.4, -0.2) is 59.8 Å². The maximum Gasteiger partial charge on any atom is 0.243 e. The lowest BCUT2D eigenvalue weighted by Gasteiger charge is -2.34. The van der Waals surface area contributed by atoms with Gasteiger partial charge in [0.05, 0.1) is 4.90 Å². The fourth-order valence-corrected chi connectivity index (χ4v) is 5.24. The van der Waals surface area contributed by atoms with Gasteiger partial charge in [-0.1, -0.05) is 34.1 Å². The number of rotatable bonds is 8. The minimum absolute atomic E-state index is 0.0257. The molecule has 158 valence electrons. The van der Waals surface area contributed by atoms with Crippen LogP contribution in [0.5, 0.6) is 0 Å². The molecule has 10 heteroatoms. The maximum atomic E-state index is 12.8. The van der Waals surface area contributed by atoms with E-state index in [1.165, 1.54) is 4.31 Å². The Bertz CT molecular complexity index is 939. The van der Waals surface area contributed by atoms with Crippen molar-refractivity contribution in [3.05, 3.63) is 40.5 Å². The van der Waals surface area contributed by atoms with E-state index in [1.54, 1.807) is 29.2 Å². The van der Waals surface area contributed by atoms with Gasteiger partial charge >= 0.3 is 0 Å². The molecule has 0 spiro atoms. The fraction of sp³-hybridized carbons (Fsp3) is 0.526. The van der Waals surface area contributed by atoms with E-state index in [4.69, 9.17) is 4.52 Å². The van der Waals surface area contributed by atoms with Crippen LogP contribution < -0.4 is 0 Å². The Morgan fingerprint density at radius 1 is 1.21 bits per heavy atom. The second-order valence-electron chi connectivity index (χ2n) is 6.95. The average molecular weight is 485 g/mol. The van der Waals surface area contributed by atoms with Crippen LogP contribution >= 0.6 is 15.9 Å². The standard InChI is InChI=1S/C19H25BrN4O4S/c1-2-5-17-21-18(28-22-17)8-4-9-19(25)23-10-12-24(13-11-23)29(26,27)16-7-3-6-15(20)14-16/h3,6-7,14H,2,4-5,8-13H2,1H3. The molecule has 0 saturated carbocycles. The summed E-state index contributed by atoms with van der Waals surface area (Å²) in [7, 11) is -3.55. The van der Waals surface area contributed by atoms with Crippen LogP contribution in [0.25, 0.3) is 0 Å². The summed E-state index contributed by atoms with van der Waals surface area (Å²) >= 11 is 3.31. The zero-order chi connectivity index (χ0) is 20.9. The first kappa shape index (κ1) is 21.9. The topological polar surface area (TPSA) is 96.6 Å². The quantitative estimate of drug-likeness (QED) is 0.571. The SMILES string of the molecule is CCCc1noc(CCCC(=O)N2CCN(S(=O)(=O)c3cccc(Br)c3)CC2)n1. The van der Waals surface area contributed by atoms with Gasteiger partial charge in [-0.3, -0.25) is 4.79 Å². The summed E-state index contributed by atoms with van der Waals surface area (Å²) in [5.74, 6) is 1.29. The Morgan fingerprint density at radius 2 is 1.97 bits per heavy atom. The maximum absolute atomic E-state index is 12.8. The third kappa shape index (κ3) is 5.64. The molecular formula is C19H25BrN4O4S. The summed E-state index contributed by atoms with van der Waals surface area (Å²) in [6, 6.07) is 6.66. The predicted molar refractivity (Wildman–Crippen MR) is 111 cm³/mol. The minimum Gasteiger partial charge on any atom is -0.340 e. The van der Waals surface area contributed by atoms with Crippen molar-refractivity contribution in [2.45, 2.75) is 43.9 Å². The van der Waals surface area contributed by atoms with Gasteiger partial charge in [0.1, 0.15) is 0 Å². The van der Waals surface area contributed by atoms with E-state index < -0.39 is 10.0 Å². The third-order valence-corrected chi connectivity index (χ3v) is 7.18. The van der Waals surface area contributed by atoms with Crippen molar-refractivity contribution in [1.29, 1.82) is 0 Å². The van der Waals surface area contributed by atoms with Gasteiger partial charge in [-0.2, -0.15) is 9.29 Å². The van der Waals surface area contributed by atoms with Crippen molar-refractivity contribution in [2.24, 2.45) is 0 Å². The van der Waals surface area contributed by atoms with Crippen molar-refractivity contribution in [3.8, 4) is 0 Å². The first-order chi connectivity index (χ1) is 13.9. The van der Waals surface area contributed by atoms with Crippen LogP contribution in [0, 0.1) is 0 Å². The zero-order valence-corrected chi connectivity index (χ0v) is 18.8. The summed E-state index contributed by atoms with van der Waals surface area (Å²) in [5.41, 5.74) is 0. The molecule has 1 aliphatic rings. The number of benzene rings is 1. The van der Waals surface area contributed by atoms with E-state index >= 15 is 0 Å². The molecule has 0 N–H and O–H groups in total. The van der Waals surface area contributed by atoms with Gasteiger partial charge < -0.3 is 9.42 Å². The van der Waals surface area contributed by atoms with Gasteiger partial charge in [-0.25, -0.2) is 8.42 Å². The summed E-state index contributed by atoms with van der Waals surface area (Å²) in [5, 5.41) is 3.91. The van der Waals surface area contributed by atoms with Crippen molar-refractivity contribution in [1.82, 2.24) is 19.3 Å². The van der Waals surface area contributed by atoms with E-state index in [2.05, 4.69) is 33.0 Å². The highest BCUT2D eigenvalue weighted by atomic mass is 79.9. The van der Waals surface area contributed by atoms with Gasteiger partial charge in [0.25, 0.3) is 0 Å². The average Bonchev–Trinajstić information content (AvgIpc) is 3.15. The van der Waals surface area contributed by atoms with Crippen LogP contribution in [-0.2, 0) is 27.7 Å². The minimum atomic E-state index is -3.55. The first-order valence-corrected chi connectivity index (χ1v) is 12.0. The Balaban J connectivity index is 1.46. The number of halogens is 1. The number of hydrogen-bond donors (Lipinski definition) is 0. The highest BCUT2D eigenvalue weighted by molar-refractivity contribution is 9.10. The Hall–Kier alpha value is -1.78.